The highest BCUT2D eigenvalue weighted by molar-refractivity contribution is 7.09. The van der Waals surface area contributed by atoms with E-state index in [0.717, 1.165) is 17.7 Å². The number of nitrogens with one attached hydrogen (secondary N) is 1. The summed E-state index contributed by atoms with van der Waals surface area (Å²) >= 11 is 1.65. The standard InChI is InChI=1S/C19H25NO3S/c1-13(2)23-16-7-4-6-15(11-16)18(21)12-20-19(22)14(3)10-17-8-5-9-24-17/h4-9,11,13-14,18,21H,10,12H2,1-3H3,(H,20,22). The van der Waals surface area contributed by atoms with Gasteiger partial charge in [0.2, 0.25) is 5.91 Å². The van der Waals surface area contributed by atoms with Crippen molar-refractivity contribution < 1.29 is 14.6 Å². The van der Waals surface area contributed by atoms with Crippen LogP contribution in [0.4, 0.5) is 0 Å². The predicted octanol–water partition coefficient (Wildman–Crippen LogP) is 3.56. The average molecular weight is 347 g/mol. The zero-order chi connectivity index (χ0) is 17.5. The Morgan fingerprint density at radius 3 is 2.71 bits per heavy atom. The number of amides is 1. The van der Waals surface area contributed by atoms with E-state index < -0.39 is 6.10 Å². The molecule has 2 N–H and O–H groups in total. The fourth-order valence-corrected chi connectivity index (χ4v) is 3.22. The topological polar surface area (TPSA) is 58.6 Å². The van der Waals surface area contributed by atoms with Crippen LogP contribution >= 0.6 is 11.3 Å². The third kappa shape index (κ3) is 5.65. The summed E-state index contributed by atoms with van der Waals surface area (Å²) in [7, 11) is 0. The van der Waals surface area contributed by atoms with Gasteiger partial charge >= 0.3 is 0 Å². The molecule has 2 unspecified atom stereocenters. The second-order valence-electron chi connectivity index (χ2n) is 6.18. The first kappa shape index (κ1) is 18.5. The number of aliphatic hydroxyl groups is 1. The summed E-state index contributed by atoms with van der Waals surface area (Å²) in [6, 6.07) is 11.4. The zero-order valence-electron chi connectivity index (χ0n) is 14.4. The molecule has 4 nitrogen and oxygen atoms in total. The van der Waals surface area contributed by atoms with Crippen molar-refractivity contribution in [3.63, 3.8) is 0 Å². The highest BCUT2D eigenvalue weighted by Gasteiger charge is 2.16. The Labute approximate surface area is 147 Å². The molecule has 1 aromatic carbocycles. The molecular weight excluding hydrogens is 322 g/mol. The number of carbonyl (C=O) groups excluding carboxylic acids is 1. The Bertz CT molecular complexity index is 640. The molecule has 0 bridgehead atoms. The number of aliphatic hydroxyl groups excluding tert-OH is 1. The lowest BCUT2D eigenvalue weighted by Crippen LogP contribution is -2.33. The molecule has 0 aliphatic carbocycles. The lowest BCUT2D eigenvalue weighted by atomic mass is 10.1. The molecule has 2 rings (SSSR count). The van der Waals surface area contributed by atoms with Crippen molar-refractivity contribution in [2.75, 3.05) is 6.54 Å². The molecule has 0 aliphatic rings. The van der Waals surface area contributed by atoms with Crippen LogP contribution in [0.2, 0.25) is 0 Å². The lowest BCUT2D eigenvalue weighted by Gasteiger charge is -2.16. The average Bonchev–Trinajstić information content (AvgIpc) is 3.04. The molecular formula is C19H25NO3S. The maximum Gasteiger partial charge on any atom is 0.223 e. The van der Waals surface area contributed by atoms with Gasteiger partial charge in [0.1, 0.15) is 5.75 Å². The van der Waals surface area contributed by atoms with Crippen molar-refractivity contribution in [2.24, 2.45) is 5.92 Å². The summed E-state index contributed by atoms with van der Waals surface area (Å²) in [6.45, 7) is 6.01. The van der Waals surface area contributed by atoms with E-state index in [4.69, 9.17) is 4.74 Å². The van der Waals surface area contributed by atoms with Gasteiger partial charge < -0.3 is 15.2 Å². The number of thiophene rings is 1. The van der Waals surface area contributed by atoms with Crippen LogP contribution in [0.5, 0.6) is 5.75 Å². The second-order valence-corrected chi connectivity index (χ2v) is 7.22. The lowest BCUT2D eigenvalue weighted by molar-refractivity contribution is -0.124. The molecule has 1 aromatic heterocycles. The highest BCUT2D eigenvalue weighted by atomic mass is 32.1. The maximum atomic E-state index is 12.2. The molecule has 5 heteroatoms. The van der Waals surface area contributed by atoms with Crippen LogP contribution in [0.25, 0.3) is 0 Å². The maximum absolute atomic E-state index is 12.2. The molecule has 0 saturated carbocycles. The van der Waals surface area contributed by atoms with Crippen molar-refractivity contribution >= 4 is 17.2 Å². The summed E-state index contributed by atoms with van der Waals surface area (Å²) in [6.07, 6.45) is 0.0471. The van der Waals surface area contributed by atoms with Crippen LogP contribution in [-0.2, 0) is 11.2 Å². The van der Waals surface area contributed by atoms with Crippen LogP contribution < -0.4 is 10.1 Å². The quantitative estimate of drug-likeness (QED) is 0.767. The Kier molecular flexibility index (Phi) is 6.82. The number of ether oxygens (including phenoxy) is 1. The van der Waals surface area contributed by atoms with Crippen LogP contribution in [-0.4, -0.2) is 23.7 Å². The number of hydrogen-bond donors (Lipinski definition) is 2. The van der Waals surface area contributed by atoms with E-state index in [0.29, 0.717) is 0 Å². The summed E-state index contributed by atoms with van der Waals surface area (Å²) in [5, 5.41) is 15.1. The summed E-state index contributed by atoms with van der Waals surface area (Å²) in [5.41, 5.74) is 0.736. The smallest absolute Gasteiger partial charge is 0.223 e. The van der Waals surface area contributed by atoms with Gasteiger partial charge in [0.15, 0.2) is 0 Å². The van der Waals surface area contributed by atoms with Crippen molar-refractivity contribution in [3.8, 4) is 5.75 Å². The molecule has 2 atom stereocenters. The molecule has 1 amide bonds. The SMILES string of the molecule is CC(C)Oc1cccc(C(O)CNC(=O)C(C)Cc2cccs2)c1. The van der Waals surface area contributed by atoms with Crippen LogP contribution in [0.3, 0.4) is 0 Å². The monoisotopic (exact) mass is 347 g/mol. The van der Waals surface area contributed by atoms with Gasteiger partial charge in [-0.1, -0.05) is 25.1 Å². The number of carbonyl (C=O) groups is 1. The Hall–Kier alpha value is -1.85. The number of hydrogen-bond acceptors (Lipinski definition) is 4. The predicted molar refractivity (Wildman–Crippen MR) is 97.4 cm³/mol. The van der Waals surface area contributed by atoms with Crippen molar-refractivity contribution in [1.82, 2.24) is 5.32 Å². The van der Waals surface area contributed by atoms with E-state index in [9.17, 15) is 9.90 Å². The number of rotatable bonds is 8. The first-order valence-electron chi connectivity index (χ1n) is 8.20. The first-order chi connectivity index (χ1) is 11.5. The third-order valence-electron chi connectivity index (χ3n) is 3.62. The van der Waals surface area contributed by atoms with E-state index in [1.165, 1.54) is 4.88 Å². The van der Waals surface area contributed by atoms with E-state index in [1.807, 2.05) is 62.5 Å². The van der Waals surface area contributed by atoms with E-state index in [1.54, 1.807) is 11.3 Å². The van der Waals surface area contributed by atoms with Crippen LogP contribution in [0.1, 0.15) is 37.3 Å². The first-order valence-corrected chi connectivity index (χ1v) is 9.08. The molecule has 24 heavy (non-hydrogen) atoms. The normalized spacial score (nSPS) is 13.5. The largest absolute Gasteiger partial charge is 0.491 e. The Morgan fingerprint density at radius 2 is 2.04 bits per heavy atom. The highest BCUT2D eigenvalue weighted by Crippen LogP contribution is 2.20. The van der Waals surface area contributed by atoms with E-state index in [-0.39, 0.29) is 24.5 Å². The zero-order valence-corrected chi connectivity index (χ0v) is 15.2. The minimum Gasteiger partial charge on any atom is -0.491 e. The van der Waals surface area contributed by atoms with Gasteiger partial charge in [0, 0.05) is 17.3 Å². The number of benzene rings is 1. The molecule has 1 heterocycles. The molecule has 0 radical (unpaired) electrons. The van der Waals surface area contributed by atoms with Crippen molar-refractivity contribution in [3.05, 3.63) is 52.2 Å². The Balaban J connectivity index is 1.85. The van der Waals surface area contributed by atoms with E-state index >= 15 is 0 Å². The minimum atomic E-state index is -0.751. The van der Waals surface area contributed by atoms with Gasteiger partial charge in [-0.05, 0) is 49.4 Å². The molecule has 2 aromatic rings. The van der Waals surface area contributed by atoms with Crippen LogP contribution in [0, 0.1) is 5.92 Å². The third-order valence-corrected chi connectivity index (χ3v) is 4.52. The van der Waals surface area contributed by atoms with Crippen molar-refractivity contribution in [1.29, 1.82) is 0 Å². The molecule has 0 fully saturated rings. The molecule has 0 aliphatic heterocycles. The Morgan fingerprint density at radius 1 is 1.25 bits per heavy atom. The fourth-order valence-electron chi connectivity index (χ4n) is 2.38. The van der Waals surface area contributed by atoms with Gasteiger partial charge in [0.25, 0.3) is 0 Å². The van der Waals surface area contributed by atoms with Gasteiger partial charge in [-0.25, -0.2) is 0 Å². The van der Waals surface area contributed by atoms with Gasteiger partial charge in [-0.2, -0.15) is 0 Å². The van der Waals surface area contributed by atoms with Crippen LogP contribution in [0.15, 0.2) is 41.8 Å². The minimum absolute atomic E-state index is 0.0444. The van der Waals surface area contributed by atoms with Crippen molar-refractivity contribution in [2.45, 2.75) is 39.4 Å². The fraction of sp³-hybridized carbons (Fsp3) is 0.421. The van der Waals surface area contributed by atoms with Gasteiger partial charge in [0.05, 0.1) is 12.2 Å². The second kappa shape index (κ2) is 8.85. The van der Waals surface area contributed by atoms with Gasteiger partial charge in [-0.3, -0.25) is 4.79 Å². The molecule has 130 valence electrons. The van der Waals surface area contributed by atoms with Gasteiger partial charge in [-0.15, -0.1) is 11.3 Å². The molecule has 0 spiro atoms. The summed E-state index contributed by atoms with van der Waals surface area (Å²) < 4.78 is 5.63. The summed E-state index contributed by atoms with van der Waals surface area (Å²) in [5.74, 6) is 0.558. The summed E-state index contributed by atoms with van der Waals surface area (Å²) in [4.78, 5) is 13.4. The van der Waals surface area contributed by atoms with E-state index in [2.05, 4.69) is 5.32 Å². The molecule has 0 saturated heterocycles.